The average Bonchev–Trinajstić information content (AvgIpc) is 2.73. The van der Waals surface area contributed by atoms with Crippen LogP contribution in [0, 0.1) is 0 Å². The second kappa shape index (κ2) is 5.13. The molecule has 0 unspecified atom stereocenters. The highest BCUT2D eigenvalue weighted by Gasteiger charge is 2.47. The highest BCUT2D eigenvalue weighted by molar-refractivity contribution is 6.30. The minimum Gasteiger partial charge on any atom is -0.452 e. The molecule has 1 aromatic carbocycles. The molecule has 2 rings (SSSR count). The van der Waals surface area contributed by atoms with E-state index >= 15 is 0 Å². The molecule has 0 bridgehead atoms. The third-order valence-corrected chi connectivity index (χ3v) is 2.77. The Hall–Kier alpha value is -1.69. The molecule has 0 saturated heterocycles. The summed E-state index contributed by atoms with van der Waals surface area (Å²) >= 11 is 5.65. The van der Waals surface area contributed by atoms with Crippen LogP contribution < -0.4 is 5.32 Å². The number of ether oxygens (including phenoxy) is 1. The van der Waals surface area contributed by atoms with Crippen molar-refractivity contribution in [3.63, 3.8) is 0 Å². The number of hydrogen-bond acceptors (Lipinski definition) is 3. The molecule has 19 heavy (non-hydrogen) atoms. The van der Waals surface area contributed by atoms with Crippen molar-refractivity contribution in [3.8, 4) is 0 Å². The smallest absolute Gasteiger partial charge is 0.412 e. The topological polar surface area (TPSA) is 38.3 Å². The number of halogens is 4. The number of hydrogen-bond donors (Lipinski definition) is 1. The van der Waals surface area contributed by atoms with E-state index in [0.29, 0.717) is 5.02 Å². The first-order valence-electron chi connectivity index (χ1n) is 5.34. The van der Waals surface area contributed by atoms with Crippen LogP contribution in [0.15, 0.2) is 36.4 Å². The highest BCUT2D eigenvalue weighted by atomic mass is 35.5. The van der Waals surface area contributed by atoms with Gasteiger partial charge in [0.15, 0.2) is 6.04 Å². The number of cyclic esters (lactones) is 1. The molecule has 0 spiro atoms. The van der Waals surface area contributed by atoms with Gasteiger partial charge in [0, 0.05) is 16.8 Å². The van der Waals surface area contributed by atoms with E-state index in [1.54, 1.807) is 0 Å². The van der Waals surface area contributed by atoms with Gasteiger partial charge in [-0.3, -0.25) is 0 Å². The predicted molar refractivity (Wildman–Crippen MR) is 63.9 cm³/mol. The SMILES string of the molecule is O=C1C=C[C@@H]([C@H](Nc2ccc(Cl)cc2)C(F)(F)F)O1. The van der Waals surface area contributed by atoms with Crippen LogP contribution >= 0.6 is 11.6 Å². The summed E-state index contributed by atoms with van der Waals surface area (Å²) in [6.45, 7) is 0. The first kappa shape index (κ1) is 13.7. The summed E-state index contributed by atoms with van der Waals surface area (Å²) in [5.41, 5.74) is 0.239. The van der Waals surface area contributed by atoms with Crippen molar-refractivity contribution >= 4 is 23.3 Å². The summed E-state index contributed by atoms with van der Waals surface area (Å²) in [6.07, 6.45) is -3.86. The largest absolute Gasteiger partial charge is 0.452 e. The van der Waals surface area contributed by atoms with Crippen LogP contribution in [-0.4, -0.2) is 24.3 Å². The van der Waals surface area contributed by atoms with Crippen molar-refractivity contribution in [3.05, 3.63) is 41.4 Å². The summed E-state index contributed by atoms with van der Waals surface area (Å²) in [6, 6.07) is 3.77. The second-order valence-electron chi connectivity index (χ2n) is 3.93. The molecule has 0 amide bonds. The normalized spacial score (nSPS) is 20.2. The quantitative estimate of drug-likeness (QED) is 0.869. The molecule has 7 heteroatoms. The lowest BCUT2D eigenvalue weighted by atomic mass is 10.1. The van der Waals surface area contributed by atoms with Gasteiger partial charge in [-0.2, -0.15) is 13.2 Å². The second-order valence-corrected chi connectivity index (χ2v) is 4.37. The zero-order valence-electron chi connectivity index (χ0n) is 9.45. The molecule has 1 aliphatic rings. The number of anilines is 1. The molecular formula is C12H9ClF3NO2. The van der Waals surface area contributed by atoms with Crippen LogP contribution in [0.5, 0.6) is 0 Å². The molecule has 0 radical (unpaired) electrons. The van der Waals surface area contributed by atoms with E-state index in [0.717, 1.165) is 12.2 Å². The third kappa shape index (κ3) is 3.41. The van der Waals surface area contributed by atoms with E-state index in [2.05, 4.69) is 10.1 Å². The first-order chi connectivity index (χ1) is 8.86. The van der Waals surface area contributed by atoms with Crippen molar-refractivity contribution < 1.29 is 22.7 Å². The maximum Gasteiger partial charge on any atom is 0.412 e. The van der Waals surface area contributed by atoms with Gasteiger partial charge >= 0.3 is 12.1 Å². The summed E-state index contributed by atoms with van der Waals surface area (Å²) < 4.78 is 43.4. The number of rotatable bonds is 3. The summed E-state index contributed by atoms with van der Waals surface area (Å²) in [5.74, 6) is -0.780. The lowest BCUT2D eigenvalue weighted by Crippen LogP contribution is -2.45. The Labute approximate surface area is 112 Å². The molecule has 1 aromatic rings. The monoisotopic (exact) mass is 291 g/mol. The van der Waals surface area contributed by atoms with Gasteiger partial charge in [-0.25, -0.2) is 4.79 Å². The zero-order chi connectivity index (χ0) is 14.0. The van der Waals surface area contributed by atoms with Gasteiger partial charge in [-0.05, 0) is 30.3 Å². The van der Waals surface area contributed by atoms with Crippen LogP contribution in [0.4, 0.5) is 18.9 Å². The standard InChI is InChI=1S/C12H9ClF3NO2/c13-7-1-3-8(4-2-7)17-11(12(14,15)16)9-5-6-10(18)19-9/h1-6,9,11,17H/t9-,11-/m0/s1. The van der Waals surface area contributed by atoms with Gasteiger partial charge < -0.3 is 10.1 Å². The van der Waals surface area contributed by atoms with E-state index in [1.165, 1.54) is 24.3 Å². The Balaban J connectivity index is 2.17. The summed E-state index contributed by atoms with van der Waals surface area (Å²) in [4.78, 5) is 10.9. The van der Waals surface area contributed by atoms with Crippen LogP contribution in [0.25, 0.3) is 0 Å². The molecule has 0 aliphatic carbocycles. The van der Waals surface area contributed by atoms with Crippen molar-refractivity contribution in [2.24, 2.45) is 0 Å². The van der Waals surface area contributed by atoms with E-state index in [9.17, 15) is 18.0 Å². The molecule has 2 atom stereocenters. The fourth-order valence-electron chi connectivity index (χ4n) is 1.64. The highest BCUT2D eigenvalue weighted by Crippen LogP contribution is 2.29. The van der Waals surface area contributed by atoms with Gasteiger partial charge in [0.05, 0.1) is 0 Å². The van der Waals surface area contributed by atoms with Gasteiger partial charge in [0.25, 0.3) is 0 Å². The molecule has 3 nitrogen and oxygen atoms in total. The molecule has 1 N–H and O–H groups in total. The van der Waals surface area contributed by atoms with Crippen molar-refractivity contribution in [1.82, 2.24) is 0 Å². The fraction of sp³-hybridized carbons (Fsp3) is 0.250. The lowest BCUT2D eigenvalue weighted by Gasteiger charge is -2.26. The Kier molecular flexibility index (Phi) is 3.71. The van der Waals surface area contributed by atoms with Crippen LogP contribution in [-0.2, 0) is 9.53 Å². The minimum atomic E-state index is -4.56. The van der Waals surface area contributed by atoms with Crippen molar-refractivity contribution in [2.75, 3.05) is 5.32 Å². The lowest BCUT2D eigenvalue weighted by molar-refractivity contribution is -0.167. The Bertz CT molecular complexity index is 499. The van der Waals surface area contributed by atoms with Gasteiger partial charge in [0.2, 0.25) is 0 Å². The first-order valence-corrected chi connectivity index (χ1v) is 5.72. The molecule has 0 aromatic heterocycles. The fourth-order valence-corrected chi connectivity index (χ4v) is 1.77. The minimum absolute atomic E-state index is 0.239. The molecule has 102 valence electrons. The maximum atomic E-state index is 13.0. The summed E-state index contributed by atoms with van der Waals surface area (Å²) in [5, 5.41) is 2.71. The molecular weight excluding hydrogens is 283 g/mol. The van der Waals surface area contributed by atoms with Crippen LogP contribution in [0.3, 0.4) is 0 Å². The molecule has 0 saturated carbocycles. The Morgan fingerprint density at radius 2 is 1.89 bits per heavy atom. The number of carbonyl (C=O) groups excluding carboxylic acids is 1. The van der Waals surface area contributed by atoms with Crippen molar-refractivity contribution in [1.29, 1.82) is 0 Å². The Morgan fingerprint density at radius 1 is 1.26 bits per heavy atom. The van der Waals surface area contributed by atoms with Crippen LogP contribution in [0.2, 0.25) is 5.02 Å². The number of alkyl halides is 3. The van der Waals surface area contributed by atoms with E-state index in [4.69, 9.17) is 11.6 Å². The maximum absolute atomic E-state index is 13.0. The zero-order valence-corrected chi connectivity index (χ0v) is 10.2. The third-order valence-electron chi connectivity index (χ3n) is 2.52. The van der Waals surface area contributed by atoms with Gasteiger partial charge in [-0.15, -0.1) is 0 Å². The van der Waals surface area contributed by atoms with Crippen molar-refractivity contribution in [2.45, 2.75) is 18.3 Å². The Morgan fingerprint density at radius 3 is 2.37 bits per heavy atom. The number of benzene rings is 1. The average molecular weight is 292 g/mol. The summed E-state index contributed by atoms with van der Waals surface area (Å²) in [7, 11) is 0. The molecule has 0 fully saturated rings. The van der Waals surface area contributed by atoms with Gasteiger partial charge in [-0.1, -0.05) is 11.6 Å². The van der Waals surface area contributed by atoms with E-state index in [-0.39, 0.29) is 5.69 Å². The molecule has 1 heterocycles. The number of carbonyl (C=O) groups is 1. The predicted octanol–water partition coefficient (Wildman–Crippen LogP) is 3.16. The van der Waals surface area contributed by atoms with E-state index < -0.39 is 24.3 Å². The number of esters is 1. The molecule has 1 aliphatic heterocycles. The van der Waals surface area contributed by atoms with E-state index in [1.807, 2.05) is 0 Å². The van der Waals surface area contributed by atoms with Crippen LogP contribution in [0.1, 0.15) is 0 Å². The number of nitrogens with one attached hydrogen (secondary N) is 1. The van der Waals surface area contributed by atoms with Gasteiger partial charge in [0.1, 0.15) is 6.10 Å².